The quantitative estimate of drug-likeness (QED) is 0.828. The molecule has 0 aliphatic rings. The fraction of sp³-hybridized carbons (Fsp3) is 0.250. The van der Waals surface area contributed by atoms with Crippen molar-refractivity contribution in [1.82, 2.24) is 0 Å². The number of methoxy groups -OCH3 is 1. The lowest BCUT2D eigenvalue weighted by molar-refractivity contribution is -0.116. The van der Waals surface area contributed by atoms with Gasteiger partial charge in [-0.05, 0) is 43.3 Å². The summed E-state index contributed by atoms with van der Waals surface area (Å²) in [5.74, 6) is 0.580. The van der Waals surface area contributed by atoms with Crippen molar-refractivity contribution in [2.75, 3.05) is 12.4 Å². The maximum atomic E-state index is 11.9. The van der Waals surface area contributed by atoms with Crippen LogP contribution in [-0.2, 0) is 4.79 Å². The molecule has 2 aromatic rings. The van der Waals surface area contributed by atoms with Crippen molar-refractivity contribution < 1.29 is 14.3 Å². The second kappa shape index (κ2) is 7.04. The Kier molecular flexibility index (Phi) is 5.11. The zero-order valence-corrected chi connectivity index (χ0v) is 12.8. The number of thiophene rings is 1. The van der Waals surface area contributed by atoms with Gasteiger partial charge in [-0.2, -0.15) is 0 Å². The molecule has 1 aromatic heterocycles. The molecule has 110 valence electrons. The number of benzene rings is 1. The molecule has 0 fully saturated rings. The molecule has 0 aliphatic heterocycles. The van der Waals surface area contributed by atoms with Crippen LogP contribution in [0.3, 0.4) is 0 Å². The normalized spacial score (nSPS) is 10.2. The van der Waals surface area contributed by atoms with Crippen LogP contribution < -0.4 is 10.1 Å². The average molecular weight is 303 g/mol. The summed E-state index contributed by atoms with van der Waals surface area (Å²) in [7, 11) is 1.59. The Bertz CT molecular complexity index is 631. The fourth-order valence-corrected chi connectivity index (χ4v) is 2.67. The molecule has 0 saturated carbocycles. The number of hydrogen-bond donors (Lipinski definition) is 1. The van der Waals surface area contributed by atoms with Crippen LogP contribution >= 0.6 is 11.3 Å². The van der Waals surface area contributed by atoms with Crippen molar-refractivity contribution in [1.29, 1.82) is 0 Å². The Morgan fingerprint density at radius 1 is 1.10 bits per heavy atom. The van der Waals surface area contributed by atoms with E-state index in [1.54, 1.807) is 31.4 Å². The summed E-state index contributed by atoms with van der Waals surface area (Å²) >= 11 is 1.46. The molecule has 4 nitrogen and oxygen atoms in total. The minimum Gasteiger partial charge on any atom is -0.497 e. The van der Waals surface area contributed by atoms with Gasteiger partial charge in [0, 0.05) is 23.4 Å². The molecule has 0 atom stereocenters. The first-order valence-corrected chi connectivity index (χ1v) is 7.43. The minimum atomic E-state index is -0.165. The number of rotatable bonds is 6. The van der Waals surface area contributed by atoms with Crippen LogP contribution in [0.5, 0.6) is 5.75 Å². The third-order valence-electron chi connectivity index (χ3n) is 2.97. The molecular weight excluding hydrogens is 286 g/mol. The summed E-state index contributed by atoms with van der Waals surface area (Å²) in [4.78, 5) is 25.5. The van der Waals surface area contributed by atoms with Crippen LogP contribution in [0.1, 0.15) is 27.4 Å². The van der Waals surface area contributed by atoms with Gasteiger partial charge in [0.25, 0.3) is 0 Å². The predicted molar refractivity (Wildman–Crippen MR) is 84.2 cm³/mol. The van der Waals surface area contributed by atoms with Gasteiger partial charge in [-0.15, -0.1) is 11.3 Å². The first-order valence-electron chi connectivity index (χ1n) is 6.62. The molecule has 0 spiro atoms. The van der Waals surface area contributed by atoms with E-state index in [2.05, 4.69) is 5.32 Å². The van der Waals surface area contributed by atoms with Crippen LogP contribution in [0.2, 0.25) is 0 Å². The molecule has 0 radical (unpaired) electrons. The van der Waals surface area contributed by atoms with Gasteiger partial charge in [-0.3, -0.25) is 9.59 Å². The van der Waals surface area contributed by atoms with Crippen molar-refractivity contribution in [3.8, 4) is 5.75 Å². The van der Waals surface area contributed by atoms with Gasteiger partial charge < -0.3 is 10.1 Å². The Balaban J connectivity index is 1.82. The number of hydrogen-bond acceptors (Lipinski definition) is 4. The molecule has 21 heavy (non-hydrogen) atoms. The number of carbonyl (C=O) groups excluding carboxylic acids is 2. The SMILES string of the molecule is COc1ccc(NC(=O)CCC(=O)c2ccc(C)s2)cc1. The molecule has 1 amide bonds. The van der Waals surface area contributed by atoms with E-state index in [4.69, 9.17) is 4.74 Å². The molecule has 2 rings (SSSR count). The van der Waals surface area contributed by atoms with E-state index in [-0.39, 0.29) is 24.5 Å². The molecule has 0 bridgehead atoms. The van der Waals surface area contributed by atoms with Crippen molar-refractivity contribution in [3.05, 3.63) is 46.2 Å². The van der Waals surface area contributed by atoms with E-state index >= 15 is 0 Å². The first kappa shape index (κ1) is 15.3. The molecule has 1 N–H and O–H groups in total. The van der Waals surface area contributed by atoms with Crippen LogP contribution in [0, 0.1) is 6.92 Å². The highest BCUT2D eigenvalue weighted by Crippen LogP contribution is 2.18. The van der Waals surface area contributed by atoms with Crippen LogP contribution in [0.25, 0.3) is 0 Å². The third kappa shape index (κ3) is 4.43. The highest BCUT2D eigenvalue weighted by Gasteiger charge is 2.11. The number of carbonyl (C=O) groups is 2. The Morgan fingerprint density at radius 2 is 1.81 bits per heavy atom. The highest BCUT2D eigenvalue weighted by molar-refractivity contribution is 7.14. The number of nitrogens with one attached hydrogen (secondary N) is 1. The van der Waals surface area contributed by atoms with Gasteiger partial charge in [0.1, 0.15) is 5.75 Å². The Labute approximate surface area is 127 Å². The van der Waals surface area contributed by atoms with Crippen molar-refractivity contribution in [3.63, 3.8) is 0 Å². The topological polar surface area (TPSA) is 55.4 Å². The molecule has 0 unspecified atom stereocenters. The molecular formula is C16H17NO3S. The van der Waals surface area contributed by atoms with Gasteiger partial charge in [0.15, 0.2) is 5.78 Å². The van der Waals surface area contributed by atoms with Crippen molar-refractivity contribution in [2.24, 2.45) is 0 Å². The van der Waals surface area contributed by atoms with Gasteiger partial charge in [-0.25, -0.2) is 0 Å². The number of ketones is 1. The fourth-order valence-electron chi connectivity index (χ4n) is 1.83. The maximum Gasteiger partial charge on any atom is 0.224 e. The van der Waals surface area contributed by atoms with E-state index in [1.165, 1.54) is 11.3 Å². The molecule has 0 saturated heterocycles. The van der Waals surface area contributed by atoms with Gasteiger partial charge in [-0.1, -0.05) is 0 Å². The second-order valence-corrected chi connectivity index (χ2v) is 5.90. The van der Waals surface area contributed by atoms with Crippen molar-refractivity contribution in [2.45, 2.75) is 19.8 Å². The number of aryl methyl sites for hydroxylation is 1. The number of anilines is 1. The van der Waals surface area contributed by atoms with Crippen LogP contribution in [-0.4, -0.2) is 18.8 Å². The van der Waals surface area contributed by atoms with Gasteiger partial charge in [0.05, 0.1) is 12.0 Å². The number of amides is 1. The first-order chi connectivity index (χ1) is 10.1. The summed E-state index contributed by atoms with van der Waals surface area (Å²) in [5.41, 5.74) is 0.695. The number of Topliss-reactive ketones (excluding diaryl/α,β-unsaturated/α-hetero) is 1. The molecule has 5 heteroatoms. The van der Waals surface area contributed by atoms with Gasteiger partial charge in [0.2, 0.25) is 5.91 Å². The molecule has 0 aliphatic carbocycles. The predicted octanol–water partition coefficient (Wildman–Crippen LogP) is 3.67. The van der Waals surface area contributed by atoms with Crippen LogP contribution in [0.15, 0.2) is 36.4 Å². The smallest absolute Gasteiger partial charge is 0.224 e. The monoisotopic (exact) mass is 303 g/mol. The minimum absolute atomic E-state index is 0.0120. The Morgan fingerprint density at radius 3 is 2.38 bits per heavy atom. The summed E-state index contributed by atoms with van der Waals surface area (Å²) in [5, 5.41) is 2.76. The summed E-state index contributed by atoms with van der Waals surface area (Å²) < 4.78 is 5.05. The van der Waals surface area contributed by atoms with E-state index < -0.39 is 0 Å². The largest absolute Gasteiger partial charge is 0.497 e. The van der Waals surface area contributed by atoms with E-state index in [1.807, 2.05) is 19.1 Å². The van der Waals surface area contributed by atoms with E-state index in [0.717, 1.165) is 10.6 Å². The number of ether oxygens (including phenoxy) is 1. The van der Waals surface area contributed by atoms with E-state index in [0.29, 0.717) is 10.6 Å². The summed E-state index contributed by atoms with van der Waals surface area (Å²) in [6.07, 6.45) is 0.406. The zero-order chi connectivity index (χ0) is 15.2. The standard InChI is InChI=1S/C16H17NO3S/c1-11-3-9-15(21-11)14(18)8-10-16(19)17-12-4-6-13(20-2)7-5-12/h3-7,9H,8,10H2,1-2H3,(H,17,19). The van der Waals surface area contributed by atoms with Crippen molar-refractivity contribution >= 4 is 28.7 Å². The molecule has 1 aromatic carbocycles. The lowest BCUT2D eigenvalue weighted by atomic mass is 10.2. The van der Waals surface area contributed by atoms with Crippen LogP contribution in [0.4, 0.5) is 5.69 Å². The van der Waals surface area contributed by atoms with Gasteiger partial charge >= 0.3 is 0 Å². The third-order valence-corrected chi connectivity index (χ3v) is 4.01. The highest BCUT2D eigenvalue weighted by atomic mass is 32.1. The zero-order valence-electron chi connectivity index (χ0n) is 12.0. The lowest BCUT2D eigenvalue weighted by Gasteiger charge is -2.05. The molecule has 1 heterocycles. The second-order valence-electron chi connectivity index (χ2n) is 4.61. The lowest BCUT2D eigenvalue weighted by Crippen LogP contribution is -2.13. The maximum absolute atomic E-state index is 11.9. The summed E-state index contributed by atoms with van der Waals surface area (Å²) in [6.45, 7) is 1.96. The summed E-state index contributed by atoms with van der Waals surface area (Å²) in [6, 6.07) is 10.8. The van der Waals surface area contributed by atoms with E-state index in [9.17, 15) is 9.59 Å². The Hall–Kier alpha value is -2.14. The average Bonchev–Trinajstić information content (AvgIpc) is 2.92.